The van der Waals surface area contributed by atoms with Gasteiger partial charge in [-0.25, -0.2) is 0 Å². The van der Waals surface area contributed by atoms with E-state index in [4.69, 9.17) is 9.84 Å². The van der Waals surface area contributed by atoms with E-state index >= 15 is 0 Å². The molecule has 0 atom stereocenters. The molecule has 0 aromatic rings. The van der Waals surface area contributed by atoms with Gasteiger partial charge in [-0.15, -0.1) is 6.58 Å². The fourth-order valence-electron chi connectivity index (χ4n) is 0.974. The molecule has 1 N–H and O–H groups in total. The average molecular weight is 215 g/mol. The van der Waals surface area contributed by atoms with E-state index in [2.05, 4.69) is 6.58 Å². The summed E-state index contributed by atoms with van der Waals surface area (Å²) in [4.78, 5) is 22.8. The van der Waals surface area contributed by atoms with Crippen LogP contribution in [-0.2, 0) is 14.3 Å². The second-order valence-corrected chi connectivity index (χ2v) is 3.11. The molecular formula is C10H17NO4. The van der Waals surface area contributed by atoms with Crippen LogP contribution in [0.25, 0.3) is 0 Å². The SMILES string of the molecule is C=CCOCCCC(=O)N(C)CC(=O)O. The van der Waals surface area contributed by atoms with Crippen LogP contribution in [0.1, 0.15) is 12.8 Å². The number of likely N-dealkylation sites (N-methyl/N-ethyl adjacent to an activating group) is 1. The summed E-state index contributed by atoms with van der Waals surface area (Å²) in [6.45, 7) is 4.19. The highest BCUT2D eigenvalue weighted by Gasteiger charge is 2.10. The lowest BCUT2D eigenvalue weighted by molar-refractivity contribution is -0.143. The molecule has 5 nitrogen and oxygen atoms in total. The zero-order valence-electron chi connectivity index (χ0n) is 8.94. The summed E-state index contributed by atoms with van der Waals surface area (Å²) in [5.74, 6) is -1.19. The number of rotatable bonds is 8. The molecule has 0 rings (SSSR count). The number of nitrogens with zero attached hydrogens (tertiary/aromatic N) is 1. The monoisotopic (exact) mass is 215 g/mol. The summed E-state index contributed by atoms with van der Waals surface area (Å²) in [6.07, 6.45) is 2.54. The zero-order chi connectivity index (χ0) is 11.7. The minimum absolute atomic E-state index is 0.181. The van der Waals surface area contributed by atoms with Crippen LogP contribution in [0.2, 0.25) is 0 Å². The third kappa shape index (κ3) is 7.69. The van der Waals surface area contributed by atoms with Gasteiger partial charge >= 0.3 is 5.97 Å². The Morgan fingerprint density at radius 2 is 2.20 bits per heavy atom. The number of hydrogen-bond acceptors (Lipinski definition) is 3. The second-order valence-electron chi connectivity index (χ2n) is 3.11. The molecule has 0 saturated heterocycles. The van der Waals surface area contributed by atoms with Crippen molar-refractivity contribution in [2.75, 3.05) is 26.8 Å². The number of carboxylic acid groups (broad SMARTS) is 1. The van der Waals surface area contributed by atoms with Gasteiger partial charge < -0.3 is 14.7 Å². The van der Waals surface area contributed by atoms with E-state index in [9.17, 15) is 9.59 Å². The molecule has 1 amide bonds. The van der Waals surface area contributed by atoms with Crippen LogP contribution in [0.3, 0.4) is 0 Å². The van der Waals surface area contributed by atoms with E-state index in [-0.39, 0.29) is 12.5 Å². The van der Waals surface area contributed by atoms with Crippen molar-refractivity contribution in [2.45, 2.75) is 12.8 Å². The summed E-state index contributed by atoms with van der Waals surface area (Å²) in [7, 11) is 1.47. The Morgan fingerprint density at radius 3 is 2.73 bits per heavy atom. The first-order valence-electron chi connectivity index (χ1n) is 4.72. The summed E-state index contributed by atoms with van der Waals surface area (Å²) in [5.41, 5.74) is 0. The van der Waals surface area contributed by atoms with Crippen LogP contribution < -0.4 is 0 Å². The van der Waals surface area contributed by atoms with Gasteiger partial charge in [0, 0.05) is 20.1 Å². The van der Waals surface area contributed by atoms with Crippen molar-refractivity contribution in [3.05, 3.63) is 12.7 Å². The molecule has 0 aliphatic heterocycles. The highest BCUT2D eigenvalue weighted by Crippen LogP contribution is 1.96. The van der Waals surface area contributed by atoms with Crippen molar-refractivity contribution in [3.8, 4) is 0 Å². The summed E-state index contributed by atoms with van der Waals surface area (Å²) >= 11 is 0. The van der Waals surface area contributed by atoms with Crippen LogP contribution in [0.15, 0.2) is 12.7 Å². The van der Waals surface area contributed by atoms with Crippen LogP contribution in [-0.4, -0.2) is 48.7 Å². The minimum Gasteiger partial charge on any atom is -0.480 e. The number of carbonyl (C=O) groups is 2. The van der Waals surface area contributed by atoms with E-state index in [0.29, 0.717) is 26.1 Å². The third-order valence-electron chi connectivity index (χ3n) is 1.71. The number of carboxylic acids is 1. The molecule has 0 bridgehead atoms. The molecule has 0 heterocycles. The number of hydrogen-bond donors (Lipinski definition) is 1. The number of carbonyl (C=O) groups excluding carboxylic acids is 1. The lowest BCUT2D eigenvalue weighted by Crippen LogP contribution is -2.31. The second kappa shape index (κ2) is 7.99. The molecule has 0 aliphatic carbocycles. The number of aliphatic carboxylic acids is 1. The molecular weight excluding hydrogens is 198 g/mol. The first-order valence-corrected chi connectivity index (χ1v) is 4.72. The maximum absolute atomic E-state index is 11.3. The van der Waals surface area contributed by atoms with Gasteiger partial charge in [0.25, 0.3) is 0 Å². The quantitative estimate of drug-likeness (QED) is 0.473. The Labute approximate surface area is 89.3 Å². The third-order valence-corrected chi connectivity index (χ3v) is 1.71. The Morgan fingerprint density at radius 1 is 1.53 bits per heavy atom. The Bertz CT molecular complexity index is 227. The zero-order valence-corrected chi connectivity index (χ0v) is 8.94. The standard InChI is InChI=1S/C10H17NO4/c1-3-6-15-7-4-5-9(12)11(2)8-10(13)14/h3H,1,4-8H2,2H3,(H,13,14). The van der Waals surface area contributed by atoms with Crippen molar-refractivity contribution in [2.24, 2.45) is 0 Å². The molecule has 0 aromatic heterocycles. The van der Waals surface area contributed by atoms with Crippen molar-refractivity contribution >= 4 is 11.9 Å². The molecule has 0 radical (unpaired) electrons. The largest absolute Gasteiger partial charge is 0.480 e. The van der Waals surface area contributed by atoms with Gasteiger partial charge in [0.1, 0.15) is 6.54 Å². The van der Waals surface area contributed by atoms with Crippen LogP contribution in [0.4, 0.5) is 0 Å². The molecule has 86 valence electrons. The van der Waals surface area contributed by atoms with E-state index in [1.54, 1.807) is 6.08 Å². The fraction of sp³-hybridized carbons (Fsp3) is 0.600. The normalized spacial score (nSPS) is 9.67. The van der Waals surface area contributed by atoms with Crippen molar-refractivity contribution in [3.63, 3.8) is 0 Å². The molecule has 15 heavy (non-hydrogen) atoms. The lowest BCUT2D eigenvalue weighted by atomic mass is 10.3. The summed E-state index contributed by atoms with van der Waals surface area (Å²) in [5, 5.41) is 8.44. The smallest absolute Gasteiger partial charge is 0.323 e. The van der Waals surface area contributed by atoms with E-state index in [1.165, 1.54) is 11.9 Å². The Kier molecular flexibility index (Phi) is 7.27. The van der Waals surface area contributed by atoms with Gasteiger partial charge in [-0.1, -0.05) is 6.08 Å². The highest BCUT2D eigenvalue weighted by molar-refractivity contribution is 5.80. The van der Waals surface area contributed by atoms with Gasteiger partial charge in [-0.3, -0.25) is 9.59 Å². The van der Waals surface area contributed by atoms with E-state index < -0.39 is 5.97 Å². The number of amides is 1. The molecule has 0 unspecified atom stereocenters. The number of ether oxygens (including phenoxy) is 1. The average Bonchev–Trinajstić information content (AvgIpc) is 2.16. The van der Waals surface area contributed by atoms with Gasteiger partial charge in [-0.2, -0.15) is 0 Å². The van der Waals surface area contributed by atoms with Gasteiger partial charge in [0.2, 0.25) is 5.91 Å². The van der Waals surface area contributed by atoms with E-state index in [1.807, 2.05) is 0 Å². The topological polar surface area (TPSA) is 66.8 Å². The highest BCUT2D eigenvalue weighted by atomic mass is 16.5. The molecule has 0 saturated carbocycles. The van der Waals surface area contributed by atoms with Crippen LogP contribution in [0, 0.1) is 0 Å². The Balaban J connectivity index is 3.55. The summed E-state index contributed by atoms with van der Waals surface area (Å²) in [6, 6.07) is 0. The predicted octanol–water partition coefficient (Wildman–Crippen LogP) is 0.512. The lowest BCUT2D eigenvalue weighted by Gasteiger charge is -2.13. The van der Waals surface area contributed by atoms with E-state index in [0.717, 1.165) is 0 Å². The molecule has 5 heteroatoms. The van der Waals surface area contributed by atoms with Gasteiger partial charge in [-0.05, 0) is 6.42 Å². The minimum atomic E-state index is -1.01. The predicted molar refractivity (Wildman–Crippen MR) is 55.5 cm³/mol. The Hall–Kier alpha value is -1.36. The van der Waals surface area contributed by atoms with Crippen LogP contribution >= 0.6 is 0 Å². The van der Waals surface area contributed by atoms with Crippen molar-refractivity contribution < 1.29 is 19.4 Å². The van der Waals surface area contributed by atoms with Crippen molar-refractivity contribution in [1.82, 2.24) is 4.90 Å². The molecule has 0 aliphatic rings. The summed E-state index contributed by atoms with van der Waals surface area (Å²) < 4.78 is 5.09. The molecule has 0 spiro atoms. The van der Waals surface area contributed by atoms with Gasteiger partial charge in [0.05, 0.1) is 6.61 Å². The van der Waals surface area contributed by atoms with Crippen molar-refractivity contribution in [1.29, 1.82) is 0 Å². The fourth-order valence-corrected chi connectivity index (χ4v) is 0.974. The first-order chi connectivity index (χ1) is 7.07. The maximum Gasteiger partial charge on any atom is 0.323 e. The van der Waals surface area contributed by atoms with Gasteiger partial charge in [0.15, 0.2) is 0 Å². The first kappa shape index (κ1) is 13.6. The molecule has 0 fully saturated rings. The maximum atomic E-state index is 11.3. The van der Waals surface area contributed by atoms with Crippen LogP contribution in [0.5, 0.6) is 0 Å². The molecule has 0 aromatic carbocycles.